The number of thioether (sulfide) groups is 1. The zero-order valence-electron chi connectivity index (χ0n) is 10.5. The molecule has 1 N–H and O–H groups in total. The Morgan fingerprint density at radius 1 is 1.25 bits per heavy atom. The number of hydrogen-bond donors (Lipinski definition) is 1. The van der Waals surface area contributed by atoms with Gasteiger partial charge in [0.15, 0.2) is 5.17 Å². The molecule has 0 radical (unpaired) electrons. The average molecular weight is 240 g/mol. The smallest absolute Gasteiger partial charge is 0.156 e. The summed E-state index contributed by atoms with van der Waals surface area (Å²) in [5, 5.41) is 5.39. The van der Waals surface area contributed by atoms with E-state index in [0.717, 1.165) is 24.9 Å². The van der Waals surface area contributed by atoms with E-state index in [1.54, 1.807) is 0 Å². The van der Waals surface area contributed by atoms with Gasteiger partial charge in [-0.25, -0.2) is 0 Å². The van der Waals surface area contributed by atoms with Crippen molar-refractivity contribution in [1.82, 2.24) is 5.32 Å². The predicted molar refractivity (Wildman–Crippen MR) is 73.1 cm³/mol. The van der Waals surface area contributed by atoms with Crippen LogP contribution in [-0.2, 0) is 0 Å². The normalized spacial score (nSPS) is 34.9. The van der Waals surface area contributed by atoms with Crippen molar-refractivity contribution < 1.29 is 0 Å². The van der Waals surface area contributed by atoms with Gasteiger partial charge in [0.1, 0.15) is 0 Å². The summed E-state index contributed by atoms with van der Waals surface area (Å²) >= 11 is 1.90. The standard InChI is InChI=1S/C13H24N2S/c1-3-11-4-6-12(7-5-11)9-15-13-14-8-10(2)16-13/h10-12H,3-9H2,1-2H3,(H,14,15). The lowest BCUT2D eigenvalue weighted by Gasteiger charge is -2.28. The third-order valence-corrected chi connectivity index (χ3v) is 4.94. The number of aliphatic imine (C=N–C) groups is 1. The van der Waals surface area contributed by atoms with Gasteiger partial charge in [0.25, 0.3) is 0 Å². The van der Waals surface area contributed by atoms with Crippen LogP contribution >= 0.6 is 11.8 Å². The molecule has 1 atom stereocenters. The molecule has 16 heavy (non-hydrogen) atoms. The molecule has 1 fully saturated rings. The lowest BCUT2D eigenvalue weighted by molar-refractivity contribution is 0.269. The average Bonchev–Trinajstić information content (AvgIpc) is 2.73. The maximum absolute atomic E-state index is 4.50. The quantitative estimate of drug-likeness (QED) is 0.818. The summed E-state index contributed by atoms with van der Waals surface area (Å²) in [6.45, 7) is 6.72. The van der Waals surface area contributed by atoms with Crippen molar-refractivity contribution in [2.45, 2.75) is 51.2 Å². The minimum absolute atomic E-state index is 0.679. The van der Waals surface area contributed by atoms with E-state index in [1.165, 1.54) is 37.3 Å². The summed E-state index contributed by atoms with van der Waals surface area (Å²) in [6, 6.07) is 0. The van der Waals surface area contributed by atoms with E-state index in [4.69, 9.17) is 0 Å². The van der Waals surface area contributed by atoms with Gasteiger partial charge < -0.3 is 5.32 Å². The molecule has 2 aliphatic rings. The van der Waals surface area contributed by atoms with E-state index in [9.17, 15) is 0 Å². The largest absolute Gasteiger partial charge is 0.365 e. The minimum Gasteiger partial charge on any atom is -0.365 e. The third-order valence-electron chi connectivity index (χ3n) is 3.89. The molecule has 1 aliphatic heterocycles. The maximum Gasteiger partial charge on any atom is 0.156 e. The van der Waals surface area contributed by atoms with Crippen LogP contribution in [0, 0.1) is 11.8 Å². The molecule has 0 bridgehead atoms. The molecule has 2 nitrogen and oxygen atoms in total. The molecule has 2 rings (SSSR count). The van der Waals surface area contributed by atoms with Crippen molar-refractivity contribution in [3.63, 3.8) is 0 Å². The molecule has 1 aliphatic carbocycles. The van der Waals surface area contributed by atoms with Crippen LogP contribution in [0.3, 0.4) is 0 Å². The van der Waals surface area contributed by atoms with Gasteiger partial charge in [-0.1, -0.05) is 44.9 Å². The second-order valence-corrected chi connectivity index (χ2v) is 6.68. The molecular formula is C13H24N2S. The zero-order valence-corrected chi connectivity index (χ0v) is 11.4. The molecule has 1 unspecified atom stereocenters. The first-order chi connectivity index (χ1) is 7.78. The molecule has 3 heteroatoms. The summed E-state index contributed by atoms with van der Waals surface area (Å²) in [7, 11) is 0. The fourth-order valence-electron chi connectivity index (χ4n) is 2.65. The van der Waals surface area contributed by atoms with Crippen molar-refractivity contribution in [1.29, 1.82) is 0 Å². The highest BCUT2D eigenvalue weighted by atomic mass is 32.2. The van der Waals surface area contributed by atoms with Crippen LogP contribution in [0.4, 0.5) is 0 Å². The van der Waals surface area contributed by atoms with Crippen LogP contribution in [-0.4, -0.2) is 23.5 Å². The Labute approximate surface area is 104 Å². The zero-order chi connectivity index (χ0) is 11.4. The van der Waals surface area contributed by atoms with Crippen molar-refractivity contribution in [2.24, 2.45) is 16.8 Å². The highest BCUT2D eigenvalue weighted by molar-refractivity contribution is 8.14. The number of amidine groups is 1. The van der Waals surface area contributed by atoms with E-state index in [1.807, 2.05) is 11.8 Å². The molecule has 0 spiro atoms. The Morgan fingerprint density at radius 2 is 1.94 bits per heavy atom. The van der Waals surface area contributed by atoms with Gasteiger partial charge in [0.2, 0.25) is 0 Å². The van der Waals surface area contributed by atoms with E-state index in [0.29, 0.717) is 5.25 Å². The molecule has 0 aromatic rings. The second-order valence-electron chi connectivity index (χ2n) is 5.25. The topological polar surface area (TPSA) is 24.4 Å². The highest BCUT2D eigenvalue weighted by Crippen LogP contribution is 2.30. The Balaban J connectivity index is 1.64. The second kappa shape index (κ2) is 5.95. The Morgan fingerprint density at radius 3 is 2.50 bits per heavy atom. The van der Waals surface area contributed by atoms with Gasteiger partial charge in [0.05, 0.1) is 6.54 Å². The van der Waals surface area contributed by atoms with Crippen molar-refractivity contribution in [3.8, 4) is 0 Å². The van der Waals surface area contributed by atoms with Gasteiger partial charge in [-0.2, -0.15) is 0 Å². The number of rotatable bonds is 3. The number of nitrogens with zero attached hydrogens (tertiary/aromatic N) is 1. The van der Waals surface area contributed by atoms with Gasteiger partial charge >= 0.3 is 0 Å². The Kier molecular flexibility index (Phi) is 4.56. The summed E-state index contributed by atoms with van der Waals surface area (Å²) in [5.41, 5.74) is 0. The van der Waals surface area contributed by atoms with Gasteiger partial charge in [-0.15, -0.1) is 0 Å². The van der Waals surface area contributed by atoms with Gasteiger partial charge in [-0.05, 0) is 24.7 Å². The van der Waals surface area contributed by atoms with E-state index < -0.39 is 0 Å². The molecule has 1 heterocycles. The molecule has 92 valence electrons. The SMILES string of the molecule is CCC1CCC(CNC2=NCC(C)S2)CC1. The van der Waals surface area contributed by atoms with Crippen molar-refractivity contribution in [3.05, 3.63) is 0 Å². The monoisotopic (exact) mass is 240 g/mol. The molecule has 0 aromatic heterocycles. The minimum atomic E-state index is 0.679. The summed E-state index contributed by atoms with van der Waals surface area (Å²) in [4.78, 5) is 4.50. The van der Waals surface area contributed by atoms with Crippen LogP contribution in [0.1, 0.15) is 46.0 Å². The number of nitrogens with one attached hydrogen (secondary N) is 1. The fraction of sp³-hybridized carbons (Fsp3) is 0.923. The Hall–Kier alpha value is -0.180. The van der Waals surface area contributed by atoms with E-state index in [2.05, 4.69) is 24.2 Å². The summed E-state index contributed by atoms with van der Waals surface area (Å²) in [6.07, 6.45) is 7.09. The summed E-state index contributed by atoms with van der Waals surface area (Å²) < 4.78 is 0. The van der Waals surface area contributed by atoms with Crippen LogP contribution in [0.15, 0.2) is 4.99 Å². The molecular weight excluding hydrogens is 216 g/mol. The highest BCUT2D eigenvalue weighted by Gasteiger charge is 2.21. The van der Waals surface area contributed by atoms with Crippen molar-refractivity contribution in [2.75, 3.05) is 13.1 Å². The molecule has 0 saturated heterocycles. The first-order valence-corrected chi connectivity index (χ1v) is 7.61. The van der Waals surface area contributed by atoms with Crippen LogP contribution < -0.4 is 5.32 Å². The maximum atomic E-state index is 4.50. The first-order valence-electron chi connectivity index (χ1n) is 6.73. The molecule has 0 amide bonds. The predicted octanol–water partition coefficient (Wildman–Crippen LogP) is 3.28. The number of hydrogen-bond acceptors (Lipinski definition) is 3. The van der Waals surface area contributed by atoms with E-state index >= 15 is 0 Å². The Bertz CT molecular complexity index is 244. The molecule has 0 aromatic carbocycles. The third kappa shape index (κ3) is 3.41. The molecule has 1 saturated carbocycles. The van der Waals surface area contributed by atoms with Gasteiger partial charge in [-0.3, -0.25) is 4.99 Å². The van der Waals surface area contributed by atoms with Crippen LogP contribution in [0.5, 0.6) is 0 Å². The van der Waals surface area contributed by atoms with Crippen LogP contribution in [0.2, 0.25) is 0 Å². The van der Waals surface area contributed by atoms with Crippen LogP contribution in [0.25, 0.3) is 0 Å². The lowest BCUT2D eigenvalue weighted by atomic mass is 9.81. The fourth-order valence-corrected chi connectivity index (χ4v) is 3.50. The van der Waals surface area contributed by atoms with Crippen molar-refractivity contribution >= 4 is 16.9 Å². The first kappa shape index (κ1) is 12.3. The van der Waals surface area contributed by atoms with Gasteiger partial charge in [0, 0.05) is 11.8 Å². The lowest BCUT2D eigenvalue weighted by Crippen LogP contribution is -2.29. The summed E-state index contributed by atoms with van der Waals surface area (Å²) in [5.74, 6) is 1.90. The van der Waals surface area contributed by atoms with E-state index in [-0.39, 0.29) is 0 Å².